The van der Waals surface area contributed by atoms with Gasteiger partial charge in [-0.25, -0.2) is 10.2 Å². The van der Waals surface area contributed by atoms with E-state index in [9.17, 15) is 9.59 Å². The first-order valence-electron chi connectivity index (χ1n) is 5.43. The largest absolute Gasteiger partial charge is 0.482 e. The number of benzene rings is 1. The van der Waals surface area contributed by atoms with Crippen molar-refractivity contribution >= 4 is 35.1 Å². The molecule has 1 aromatic rings. The van der Waals surface area contributed by atoms with Crippen molar-refractivity contribution in [1.29, 1.82) is 0 Å². The zero-order valence-electron chi connectivity index (χ0n) is 10.1. The number of hydrogen-bond donors (Lipinski definition) is 3. The second kappa shape index (κ2) is 7.70. The lowest BCUT2D eigenvalue weighted by Gasteiger charge is -2.10. The summed E-state index contributed by atoms with van der Waals surface area (Å²) < 4.78 is 5.17. The summed E-state index contributed by atoms with van der Waals surface area (Å²) in [5.74, 6) is -0.184. The van der Waals surface area contributed by atoms with E-state index in [1.54, 1.807) is 19.1 Å². The Morgan fingerprint density at radius 3 is 2.63 bits per heavy atom. The number of hydrogen-bond acceptors (Lipinski definition) is 3. The van der Waals surface area contributed by atoms with Crippen LogP contribution in [0.15, 0.2) is 18.2 Å². The molecule has 8 heteroatoms. The number of carbonyl (C=O) groups excluding carboxylic acids is 2. The summed E-state index contributed by atoms with van der Waals surface area (Å²) in [5, 5.41) is 3.22. The van der Waals surface area contributed by atoms with Crippen molar-refractivity contribution in [2.45, 2.75) is 6.92 Å². The van der Waals surface area contributed by atoms with Gasteiger partial charge < -0.3 is 10.1 Å². The van der Waals surface area contributed by atoms with Gasteiger partial charge in [-0.3, -0.25) is 10.2 Å². The van der Waals surface area contributed by atoms with E-state index in [2.05, 4.69) is 16.2 Å². The molecule has 3 amide bonds. The maximum atomic E-state index is 11.4. The first kappa shape index (κ1) is 15.4. The highest BCUT2D eigenvalue weighted by Gasteiger charge is 2.07. The molecule has 6 nitrogen and oxygen atoms in total. The fraction of sp³-hybridized carbons (Fsp3) is 0.273. The van der Waals surface area contributed by atoms with Crippen molar-refractivity contribution in [3.05, 3.63) is 28.2 Å². The second-order valence-electron chi connectivity index (χ2n) is 3.40. The first-order chi connectivity index (χ1) is 9.02. The molecule has 0 saturated carbocycles. The standard InChI is InChI=1S/C11H13Cl2N3O3/c1-2-14-11(18)16-15-10(17)6-19-9-4-3-7(12)5-8(9)13/h3-5H,2,6H2,1H3,(H,15,17)(H2,14,16,18). The second-order valence-corrected chi connectivity index (χ2v) is 4.24. The third-order valence-electron chi connectivity index (χ3n) is 1.91. The monoisotopic (exact) mass is 305 g/mol. The lowest BCUT2D eigenvalue weighted by Crippen LogP contribution is -2.48. The Kier molecular flexibility index (Phi) is 6.24. The molecule has 19 heavy (non-hydrogen) atoms. The average Bonchev–Trinajstić information content (AvgIpc) is 2.35. The minimum Gasteiger partial charge on any atom is -0.482 e. The van der Waals surface area contributed by atoms with Crippen LogP contribution in [0.3, 0.4) is 0 Å². The van der Waals surface area contributed by atoms with Crippen LogP contribution in [0.2, 0.25) is 10.0 Å². The van der Waals surface area contributed by atoms with E-state index >= 15 is 0 Å². The highest BCUT2D eigenvalue weighted by Crippen LogP contribution is 2.27. The lowest BCUT2D eigenvalue weighted by molar-refractivity contribution is -0.123. The van der Waals surface area contributed by atoms with Crippen molar-refractivity contribution in [2.75, 3.05) is 13.2 Å². The van der Waals surface area contributed by atoms with Gasteiger partial charge in [0.05, 0.1) is 5.02 Å². The Bertz CT molecular complexity index is 468. The Hall–Kier alpha value is -1.66. The molecule has 0 aliphatic rings. The van der Waals surface area contributed by atoms with E-state index in [1.165, 1.54) is 6.07 Å². The van der Waals surface area contributed by atoms with Crippen LogP contribution in [0.4, 0.5) is 4.79 Å². The van der Waals surface area contributed by atoms with Gasteiger partial charge >= 0.3 is 6.03 Å². The summed E-state index contributed by atoms with van der Waals surface area (Å²) in [7, 11) is 0. The van der Waals surface area contributed by atoms with Gasteiger partial charge in [0.15, 0.2) is 6.61 Å². The summed E-state index contributed by atoms with van der Waals surface area (Å²) in [4.78, 5) is 22.4. The summed E-state index contributed by atoms with van der Waals surface area (Å²) >= 11 is 11.6. The minimum atomic E-state index is -0.516. The van der Waals surface area contributed by atoms with Crippen LogP contribution in [-0.2, 0) is 4.79 Å². The van der Waals surface area contributed by atoms with Crippen LogP contribution in [0.5, 0.6) is 5.75 Å². The van der Waals surface area contributed by atoms with Crippen molar-refractivity contribution in [1.82, 2.24) is 16.2 Å². The molecule has 1 rings (SSSR count). The lowest BCUT2D eigenvalue weighted by atomic mass is 10.3. The molecule has 0 spiro atoms. The van der Waals surface area contributed by atoms with Gasteiger partial charge in [-0.1, -0.05) is 23.2 Å². The molecule has 0 fully saturated rings. The van der Waals surface area contributed by atoms with Gasteiger partial charge in [0, 0.05) is 11.6 Å². The molecule has 0 bridgehead atoms. The topological polar surface area (TPSA) is 79.5 Å². The van der Waals surface area contributed by atoms with Crippen LogP contribution < -0.4 is 20.9 Å². The highest BCUT2D eigenvalue weighted by molar-refractivity contribution is 6.35. The van der Waals surface area contributed by atoms with Gasteiger partial charge in [0.25, 0.3) is 5.91 Å². The molecule has 0 aliphatic carbocycles. The molecule has 0 aromatic heterocycles. The van der Waals surface area contributed by atoms with Crippen LogP contribution in [-0.4, -0.2) is 25.1 Å². The Labute approximate surface area is 120 Å². The quantitative estimate of drug-likeness (QED) is 0.741. The number of ether oxygens (including phenoxy) is 1. The molecule has 0 heterocycles. The number of amides is 3. The molecule has 0 saturated heterocycles. The van der Waals surface area contributed by atoms with Crippen LogP contribution >= 0.6 is 23.2 Å². The summed E-state index contributed by atoms with van der Waals surface area (Å²) in [5.41, 5.74) is 4.33. The molecule has 0 aliphatic heterocycles. The fourth-order valence-electron chi connectivity index (χ4n) is 1.10. The minimum absolute atomic E-state index is 0.284. The fourth-order valence-corrected chi connectivity index (χ4v) is 1.57. The van der Waals surface area contributed by atoms with E-state index in [0.29, 0.717) is 22.3 Å². The van der Waals surface area contributed by atoms with E-state index in [-0.39, 0.29) is 6.61 Å². The number of urea groups is 1. The number of carbonyl (C=O) groups is 2. The zero-order valence-corrected chi connectivity index (χ0v) is 11.6. The molecule has 0 unspecified atom stereocenters. The van der Waals surface area contributed by atoms with Crippen LogP contribution in [0.25, 0.3) is 0 Å². The van der Waals surface area contributed by atoms with E-state index in [1.807, 2.05) is 0 Å². The molecule has 3 N–H and O–H groups in total. The normalized spacial score (nSPS) is 9.63. The van der Waals surface area contributed by atoms with Crippen LogP contribution in [0.1, 0.15) is 6.92 Å². The maximum Gasteiger partial charge on any atom is 0.333 e. The SMILES string of the molecule is CCNC(=O)NNC(=O)COc1ccc(Cl)cc1Cl. The average molecular weight is 306 g/mol. The Morgan fingerprint density at radius 1 is 1.26 bits per heavy atom. The third kappa shape index (κ3) is 5.67. The third-order valence-corrected chi connectivity index (χ3v) is 2.44. The number of rotatable bonds is 4. The van der Waals surface area contributed by atoms with Gasteiger partial charge in [-0.05, 0) is 25.1 Å². The Morgan fingerprint density at radius 2 is 2.00 bits per heavy atom. The zero-order chi connectivity index (χ0) is 14.3. The molecule has 1 aromatic carbocycles. The summed E-state index contributed by atoms with van der Waals surface area (Å²) in [6.45, 7) is 1.93. The van der Waals surface area contributed by atoms with Gasteiger partial charge in [0.2, 0.25) is 0 Å². The number of nitrogens with one attached hydrogen (secondary N) is 3. The molecule has 0 atom stereocenters. The first-order valence-corrected chi connectivity index (χ1v) is 6.19. The predicted octanol–water partition coefficient (Wildman–Crippen LogP) is 1.72. The van der Waals surface area contributed by atoms with E-state index < -0.39 is 11.9 Å². The van der Waals surface area contributed by atoms with Crippen molar-refractivity contribution in [3.8, 4) is 5.75 Å². The summed E-state index contributed by atoms with van der Waals surface area (Å²) in [6.07, 6.45) is 0. The smallest absolute Gasteiger partial charge is 0.333 e. The van der Waals surface area contributed by atoms with Gasteiger partial charge in [-0.15, -0.1) is 0 Å². The number of halogens is 2. The van der Waals surface area contributed by atoms with Crippen molar-refractivity contribution < 1.29 is 14.3 Å². The molecular formula is C11H13Cl2N3O3. The molecular weight excluding hydrogens is 293 g/mol. The molecule has 104 valence electrons. The van der Waals surface area contributed by atoms with E-state index in [4.69, 9.17) is 27.9 Å². The number of hydrazine groups is 1. The molecule has 0 radical (unpaired) electrons. The van der Waals surface area contributed by atoms with Gasteiger partial charge in [0.1, 0.15) is 5.75 Å². The maximum absolute atomic E-state index is 11.4. The predicted molar refractivity (Wildman–Crippen MR) is 72.3 cm³/mol. The Balaban J connectivity index is 2.36. The van der Waals surface area contributed by atoms with Crippen molar-refractivity contribution in [3.63, 3.8) is 0 Å². The van der Waals surface area contributed by atoms with E-state index in [0.717, 1.165) is 0 Å². The highest BCUT2D eigenvalue weighted by atomic mass is 35.5. The van der Waals surface area contributed by atoms with Crippen LogP contribution in [0, 0.1) is 0 Å². The van der Waals surface area contributed by atoms with Crippen molar-refractivity contribution in [2.24, 2.45) is 0 Å². The van der Waals surface area contributed by atoms with Gasteiger partial charge in [-0.2, -0.15) is 0 Å². The summed E-state index contributed by atoms with van der Waals surface area (Å²) in [6, 6.07) is 4.15.